The van der Waals surface area contributed by atoms with Crippen molar-refractivity contribution in [2.75, 3.05) is 7.11 Å². The zero-order valence-electron chi connectivity index (χ0n) is 26.7. The molecule has 1 aliphatic rings. The van der Waals surface area contributed by atoms with Crippen molar-refractivity contribution in [2.24, 2.45) is 0 Å². The smallest absolute Gasteiger partial charge is 0.306 e. The summed E-state index contributed by atoms with van der Waals surface area (Å²) in [5.74, 6) is 0.311. The highest BCUT2D eigenvalue weighted by atomic mass is 16.5. The maximum atomic E-state index is 12.4. The van der Waals surface area contributed by atoms with Crippen molar-refractivity contribution in [2.45, 2.75) is 149 Å². The number of hydrogen-bond donors (Lipinski definition) is 1. The van der Waals surface area contributed by atoms with E-state index in [1.807, 2.05) is 13.8 Å². The quantitative estimate of drug-likeness (QED) is 0.0636. The van der Waals surface area contributed by atoms with E-state index in [2.05, 4.69) is 6.92 Å². The van der Waals surface area contributed by atoms with Gasteiger partial charge in [-0.05, 0) is 39.3 Å². The maximum absolute atomic E-state index is 12.4. The summed E-state index contributed by atoms with van der Waals surface area (Å²) in [6, 6.07) is 1.69. The van der Waals surface area contributed by atoms with Crippen molar-refractivity contribution in [3.63, 3.8) is 0 Å². The lowest BCUT2D eigenvalue weighted by molar-refractivity contribution is -0.145. The fourth-order valence-electron chi connectivity index (χ4n) is 5.58. The molecular weight excluding hydrogens is 532 g/mol. The number of hydrogen-bond acceptors (Lipinski definition) is 7. The first kappa shape index (κ1) is 35.5. The molecule has 7 nitrogen and oxygen atoms in total. The maximum Gasteiger partial charge on any atom is 0.306 e. The molecular formula is C35H54O7. The zero-order chi connectivity index (χ0) is 31.0. The second kappa shape index (κ2) is 18.8. The molecule has 0 amide bonds. The number of benzene rings is 1. The van der Waals surface area contributed by atoms with Crippen LogP contribution in [0.3, 0.4) is 0 Å². The van der Waals surface area contributed by atoms with Gasteiger partial charge in [0.05, 0.1) is 12.7 Å². The van der Waals surface area contributed by atoms with E-state index in [4.69, 9.17) is 14.2 Å². The normalized spacial score (nSPS) is 15.3. The molecule has 236 valence electrons. The largest absolute Gasteiger partial charge is 0.496 e. The van der Waals surface area contributed by atoms with Crippen LogP contribution in [0.25, 0.3) is 0 Å². The third-order valence-corrected chi connectivity index (χ3v) is 8.00. The van der Waals surface area contributed by atoms with Gasteiger partial charge in [-0.1, -0.05) is 89.5 Å². The van der Waals surface area contributed by atoms with Crippen LogP contribution in [-0.2, 0) is 27.4 Å². The number of carbonyl (C=O) groups is 3. The zero-order valence-corrected chi connectivity index (χ0v) is 26.7. The van der Waals surface area contributed by atoms with Crippen LogP contribution in [0.4, 0.5) is 0 Å². The van der Waals surface area contributed by atoms with Gasteiger partial charge in [-0.2, -0.15) is 0 Å². The van der Waals surface area contributed by atoms with Crippen molar-refractivity contribution in [3.8, 4) is 11.5 Å². The Balaban J connectivity index is 1.80. The molecule has 0 aliphatic carbocycles. The third kappa shape index (κ3) is 11.9. The van der Waals surface area contributed by atoms with Gasteiger partial charge in [-0.3, -0.25) is 14.4 Å². The third-order valence-electron chi connectivity index (χ3n) is 8.00. The topological polar surface area (TPSA) is 99.1 Å². The van der Waals surface area contributed by atoms with Gasteiger partial charge in [0, 0.05) is 30.4 Å². The summed E-state index contributed by atoms with van der Waals surface area (Å²) in [7, 11) is 1.52. The highest BCUT2D eigenvalue weighted by Crippen LogP contribution is 2.43. The van der Waals surface area contributed by atoms with Crippen molar-refractivity contribution < 1.29 is 33.7 Å². The van der Waals surface area contributed by atoms with Gasteiger partial charge in [0.1, 0.15) is 29.8 Å². The molecule has 0 saturated carbocycles. The summed E-state index contributed by atoms with van der Waals surface area (Å²) >= 11 is 0. The Hall–Kier alpha value is -2.67. The van der Waals surface area contributed by atoms with E-state index in [0.29, 0.717) is 35.3 Å². The molecule has 1 aromatic carbocycles. The lowest BCUT2D eigenvalue weighted by Crippen LogP contribution is -2.44. The molecule has 0 aromatic heterocycles. The molecule has 2 rings (SSSR count). The monoisotopic (exact) mass is 586 g/mol. The molecule has 1 N–H and O–H groups in total. The minimum atomic E-state index is -1.45. The number of allylic oxidation sites excluding steroid dienone is 2. The summed E-state index contributed by atoms with van der Waals surface area (Å²) in [6.45, 7) is 7.39. The van der Waals surface area contributed by atoms with Crippen LogP contribution in [-0.4, -0.2) is 42.0 Å². The van der Waals surface area contributed by atoms with E-state index in [-0.39, 0.29) is 36.8 Å². The number of carbonyl (C=O) groups excluding carboxylic acids is 3. The fourth-order valence-corrected chi connectivity index (χ4v) is 5.58. The molecule has 1 aliphatic heterocycles. The van der Waals surface area contributed by atoms with E-state index < -0.39 is 11.7 Å². The van der Waals surface area contributed by atoms with Crippen LogP contribution in [0.1, 0.15) is 145 Å². The second-order valence-electron chi connectivity index (χ2n) is 12.3. The number of esters is 1. The van der Waals surface area contributed by atoms with E-state index in [1.54, 1.807) is 13.0 Å². The average molecular weight is 587 g/mol. The van der Waals surface area contributed by atoms with Gasteiger partial charge >= 0.3 is 5.97 Å². The Morgan fingerprint density at radius 3 is 2.10 bits per heavy atom. The number of fused-ring (bicyclic) bond motifs is 1. The number of ketones is 1. The molecule has 1 heterocycles. The van der Waals surface area contributed by atoms with Crippen LogP contribution < -0.4 is 9.47 Å². The number of aliphatic hydroxyl groups is 1. The Morgan fingerprint density at radius 1 is 1.00 bits per heavy atom. The summed E-state index contributed by atoms with van der Waals surface area (Å²) in [6.07, 6.45) is 18.1. The van der Waals surface area contributed by atoms with Crippen molar-refractivity contribution in [3.05, 3.63) is 34.4 Å². The summed E-state index contributed by atoms with van der Waals surface area (Å²) in [4.78, 5) is 36.9. The number of ether oxygens (including phenoxy) is 3. The lowest BCUT2D eigenvalue weighted by Gasteiger charge is -2.28. The average Bonchev–Trinajstić information content (AvgIpc) is 3.39. The molecule has 2 atom stereocenters. The van der Waals surface area contributed by atoms with E-state index >= 15 is 0 Å². The minimum absolute atomic E-state index is 0.0710. The molecule has 0 unspecified atom stereocenters. The highest BCUT2D eigenvalue weighted by Gasteiger charge is 2.42. The summed E-state index contributed by atoms with van der Waals surface area (Å²) in [5.41, 5.74) is 0.813. The van der Waals surface area contributed by atoms with Crippen LogP contribution >= 0.6 is 0 Å². The Kier molecular flexibility index (Phi) is 15.9. The first-order valence-electron chi connectivity index (χ1n) is 16.0. The van der Waals surface area contributed by atoms with Crippen LogP contribution in [0.15, 0.2) is 17.7 Å². The van der Waals surface area contributed by atoms with Crippen molar-refractivity contribution in [1.82, 2.24) is 0 Å². The number of rotatable bonds is 22. The lowest BCUT2D eigenvalue weighted by atomic mass is 9.89. The number of methoxy groups -OCH3 is 1. The van der Waals surface area contributed by atoms with Gasteiger partial charge in [0.2, 0.25) is 0 Å². The van der Waals surface area contributed by atoms with Crippen molar-refractivity contribution >= 4 is 18.0 Å². The second-order valence-corrected chi connectivity index (χ2v) is 12.3. The van der Waals surface area contributed by atoms with Gasteiger partial charge in [-0.25, -0.2) is 0 Å². The van der Waals surface area contributed by atoms with Gasteiger partial charge in [0.15, 0.2) is 12.1 Å². The fraction of sp³-hybridized carbons (Fsp3) is 0.686. The van der Waals surface area contributed by atoms with Crippen LogP contribution in [0.5, 0.6) is 11.5 Å². The Bertz CT molecular complexity index is 1040. The Labute approximate surface area is 253 Å². The van der Waals surface area contributed by atoms with Crippen LogP contribution in [0, 0.1) is 0 Å². The highest BCUT2D eigenvalue weighted by molar-refractivity contribution is 5.91. The predicted molar refractivity (Wildman–Crippen MR) is 166 cm³/mol. The molecule has 0 bridgehead atoms. The van der Waals surface area contributed by atoms with E-state index in [1.165, 1.54) is 77.4 Å². The number of unbranched alkanes of at least 4 members (excludes halogenated alkanes) is 12. The molecule has 0 fully saturated rings. The van der Waals surface area contributed by atoms with E-state index in [9.17, 15) is 19.5 Å². The SMILES string of the molecule is CCCCCCCCCCCCCCCC(=O)OCc1cc(OC)c2c(c1C=O)O[C@H]([C@](C)(O)CC(=O)C=C(C)C)C2. The first-order valence-corrected chi connectivity index (χ1v) is 16.0. The summed E-state index contributed by atoms with van der Waals surface area (Å²) < 4.78 is 17.1. The van der Waals surface area contributed by atoms with Gasteiger partial charge in [-0.15, -0.1) is 0 Å². The Morgan fingerprint density at radius 2 is 1.57 bits per heavy atom. The first-order chi connectivity index (χ1) is 20.1. The molecule has 7 heteroatoms. The minimum Gasteiger partial charge on any atom is -0.496 e. The van der Waals surface area contributed by atoms with Gasteiger partial charge < -0.3 is 19.3 Å². The summed E-state index contributed by atoms with van der Waals surface area (Å²) in [5, 5.41) is 11.1. The molecule has 0 radical (unpaired) electrons. The van der Waals surface area contributed by atoms with E-state index in [0.717, 1.165) is 24.8 Å². The van der Waals surface area contributed by atoms with Crippen molar-refractivity contribution in [1.29, 1.82) is 0 Å². The molecule has 0 spiro atoms. The molecule has 1 aromatic rings. The van der Waals surface area contributed by atoms with Gasteiger partial charge in [0.25, 0.3) is 0 Å². The molecule has 0 saturated heterocycles. The number of aldehydes is 1. The standard InChI is InChI=1S/C35H54O7/c1-6-7-8-9-10-11-12-13-14-15-16-17-18-19-33(38)41-25-27-21-31(40-5)29-22-32(42-34(29)30(27)24-36)35(4,39)23-28(37)20-26(2)3/h20-21,24,32,39H,6-19,22-23,25H2,1-5H3/t32-,35+/m0/s1. The van der Waals surface area contributed by atoms with Crippen LogP contribution in [0.2, 0.25) is 0 Å². The molecule has 42 heavy (non-hydrogen) atoms. The predicted octanol–water partition coefficient (Wildman–Crippen LogP) is 8.01.